The van der Waals surface area contributed by atoms with Gasteiger partial charge in [-0.05, 0) is 37.1 Å². The highest BCUT2D eigenvalue weighted by atomic mass is 127. The summed E-state index contributed by atoms with van der Waals surface area (Å²) in [4.78, 5) is 4.09. The molecule has 0 aliphatic rings. The fraction of sp³-hybridized carbons (Fsp3) is 0.562. The van der Waals surface area contributed by atoms with Gasteiger partial charge in [0.25, 0.3) is 0 Å². The van der Waals surface area contributed by atoms with Crippen LogP contribution >= 0.6 is 24.0 Å². The summed E-state index contributed by atoms with van der Waals surface area (Å²) in [6.07, 6.45) is 1.15. The van der Waals surface area contributed by atoms with Gasteiger partial charge in [0.1, 0.15) is 5.82 Å². The molecule has 144 valence electrons. The highest BCUT2D eigenvalue weighted by molar-refractivity contribution is 14.0. The Labute approximate surface area is 166 Å². The highest BCUT2D eigenvalue weighted by Crippen LogP contribution is 2.14. The van der Waals surface area contributed by atoms with Crippen molar-refractivity contribution in [2.75, 3.05) is 27.0 Å². The first-order valence-corrected chi connectivity index (χ1v) is 9.57. The molecule has 0 atom stereocenters. The Morgan fingerprint density at radius 1 is 1.28 bits per heavy atom. The van der Waals surface area contributed by atoms with Crippen molar-refractivity contribution in [3.63, 3.8) is 0 Å². The number of sulfone groups is 1. The lowest BCUT2D eigenvalue weighted by Gasteiger charge is -2.24. The average molecular weight is 487 g/mol. The molecule has 2 N–H and O–H groups in total. The molecule has 0 spiro atoms. The van der Waals surface area contributed by atoms with E-state index in [9.17, 15) is 12.8 Å². The predicted octanol–water partition coefficient (Wildman–Crippen LogP) is 2.08. The maximum Gasteiger partial charge on any atom is 0.191 e. The number of ether oxygens (including phenoxy) is 1. The van der Waals surface area contributed by atoms with Crippen LogP contribution in [0.5, 0.6) is 0 Å². The van der Waals surface area contributed by atoms with E-state index in [1.54, 1.807) is 14.2 Å². The standard InChI is InChI=1S/C16H26FN3O3S.HI/c1-16(2,23-4)11-20-15(18-3)19-9-13-8-14(17)7-6-12(13)10-24(5,21)22;/h6-8H,9-11H2,1-5H3,(H2,18,19,20);1H. The molecule has 0 fully saturated rings. The molecule has 0 saturated heterocycles. The van der Waals surface area contributed by atoms with Crippen LogP contribution in [0.3, 0.4) is 0 Å². The van der Waals surface area contributed by atoms with E-state index in [1.165, 1.54) is 18.2 Å². The SMILES string of the molecule is CN=C(NCc1cc(F)ccc1CS(C)(=O)=O)NCC(C)(C)OC.I. The van der Waals surface area contributed by atoms with E-state index < -0.39 is 15.7 Å². The summed E-state index contributed by atoms with van der Waals surface area (Å²) in [5, 5.41) is 6.17. The summed E-state index contributed by atoms with van der Waals surface area (Å²) in [5.74, 6) is -0.0188. The zero-order valence-electron chi connectivity index (χ0n) is 15.2. The monoisotopic (exact) mass is 487 g/mol. The normalized spacial score (nSPS) is 12.5. The third kappa shape index (κ3) is 9.36. The van der Waals surface area contributed by atoms with E-state index in [0.717, 1.165) is 6.26 Å². The topological polar surface area (TPSA) is 79.8 Å². The smallest absolute Gasteiger partial charge is 0.191 e. The first-order valence-electron chi connectivity index (χ1n) is 7.51. The van der Waals surface area contributed by atoms with Crippen molar-refractivity contribution < 1.29 is 17.5 Å². The van der Waals surface area contributed by atoms with Crippen LogP contribution in [0.2, 0.25) is 0 Å². The number of rotatable bonds is 7. The number of halogens is 2. The van der Waals surface area contributed by atoms with Gasteiger partial charge in [0, 0.05) is 33.5 Å². The number of benzene rings is 1. The Morgan fingerprint density at radius 3 is 2.44 bits per heavy atom. The van der Waals surface area contributed by atoms with Crippen LogP contribution in [-0.2, 0) is 26.9 Å². The lowest BCUT2D eigenvalue weighted by molar-refractivity contribution is 0.0268. The van der Waals surface area contributed by atoms with Crippen molar-refractivity contribution in [2.24, 2.45) is 4.99 Å². The molecule has 0 heterocycles. The number of nitrogens with one attached hydrogen (secondary N) is 2. The predicted molar refractivity (Wildman–Crippen MR) is 110 cm³/mol. The first-order chi connectivity index (χ1) is 11.1. The largest absolute Gasteiger partial charge is 0.377 e. The zero-order valence-corrected chi connectivity index (χ0v) is 18.4. The fourth-order valence-corrected chi connectivity index (χ4v) is 2.80. The molecule has 0 amide bonds. The van der Waals surface area contributed by atoms with E-state index in [1.807, 2.05) is 13.8 Å². The number of nitrogens with zero attached hydrogens (tertiary/aromatic N) is 1. The summed E-state index contributed by atoms with van der Waals surface area (Å²) < 4.78 is 41.8. The van der Waals surface area contributed by atoms with Crippen molar-refractivity contribution in [3.05, 3.63) is 35.1 Å². The maximum atomic E-state index is 13.5. The van der Waals surface area contributed by atoms with Crippen molar-refractivity contribution in [1.29, 1.82) is 0 Å². The number of hydrogen-bond donors (Lipinski definition) is 2. The van der Waals surface area contributed by atoms with Crippen molar-refractivity contribution in [1.82, 2.24) is 10.6 Å². The Kier molecular flexibility index (Phi) is 9.88. The molecule has 0 aliphatic heterocycles. The Hall–Kier alpha value is -0.940. The summed E-state index contributed by atoms with van der Waals surface area (Å²) in [7, 11) is 0.0480. The van der Waals surface area contributed by atoms with Crippen molar-refractivity contribution in [3.8, 4) is 0 Å². The van der Waals surface area contributed by atoms with Gasteiger partial charge in [-0.2, -0.15) is 0 Å². The Bertz CT molecular complexity index is 694. The van der Waals surface area contributed by atoms with Crippen LogP contribution in [0.15, 0.2) is 23.2 Å². The van der Waals surface area contributed by atoms with E-state index in [4.69, 9.17) is 4.74 Å². The quantitative estimate of drug-likeness (QED) is 0.350. The fourth-order valence-electron chi connectivity index (χ4n) is 1.95. The third-order valence-electron chi connectivity index (χ3n) is 3.49. The highest BCUT2D eigenvalue weighted by Gasteiger charge is 2.17. The molecule has 0 radical (unpaired) electrons. The molecule has 1 aromatic rings. The minimum Gasteiger partial charge on any atom is -0.377 e. The van der Waals surface area contributed by atoms with Crippen LogP contribution in [0, 0.1) is 5.82 Å². The molecule has 1 aromatic carbocycles. The number of aliphatic imine (C=N–C) groups is 1. The Balaban J connectivity index is 0.00000576. The van der Waals surface area contributed by atoms with E-state index in [0.29, 0.717) is 23.6 Å². The zero-order chi connectivity index (χ0) is 18.4. The molecule has 6 nitrogen and oxygen atoms in total. The molecule has 1 rings (SSSR count). The van der Waals surface area contributed by atoms with Gasteiger partial charge in [-0.15, -0.1) is 24.0 Å². The van der Waals surface area contributed by atoms with Crippen LogP contribution in [0.25, 0.3) is 0 Å². The number of methoxy groups -OCH3 is 1. The van der Waals surface area contributed by atoms with Gasteiger partial charge in [0.15, 0.2) is 15.8 Å². The minimum absolute atomic E-state index is 0. The third-order valence-corrected chi connectivity index (χ3v) is 4.33. The van der Waals surface area contributed by atoms with E-state index in [2.05, 4.69) is 15.6 Å². The summed E-state index contributed by atoms with van der Waals surface area (Å²) in [6.45, 7) is 4.66. The van der Waals surface area contributed by atoms with Crippen LogP contribution in [0.4, 0.5) is 4.39 Å². The van der Waals surface area contributed by atoms with Gasteiger partial charge in [0.05, 0.1) is 11.4 Å². The molecule has 0 saturated carbocycles. The number of hydrogen-bond acceptors (Lipinski definition) is 4. The molecule has 0 bridgehead atoms. The second-order valence-electron chi connectivity index (χ2n) is 6.23. The molecule has 25 heavy (non-hydrogen) atoms. The minimum atomic E-state index is -3.20. The van der Waals surface area contributed by atoms with Gasteiger partial charge in [0.2, 0.25) is 0 Å². The van der Waals surface area contributed by atoms with Crippen molar-refractivity contribution in [2.45, 2.75) is 31.7 Å². The van der Waals surface area contributed by atoms with Crippen LogP contribution < -0.4 is 10.6 Å². The molecule has 9 heteroatoms. The number of guanidine groups is 1. The van der Waals surface area contributed by atoms with Gasteiger partial charge in [-0.3, -0.25) is 4.99 Å². The summed E-state index contributed by atoms with van der Waals surface area (Å²) >= 11 is 0. The average Bonchev–Trinajstić information content (AvgIpc) is 2.48. The molecular formula is C16H27FIN3O3S. The summed E-state index contributed by atoms with van der Waals surface area (Å²) in [5.41, 5.74) is 0.784. The Morgan fingerprint density at radius 2 is 1.92 bits per heavy atom. The van der Waals surface area contributed by atoms with Gasteiger partial charge >= 0.3 is 0 Å². The lowest BCUT2D eigenvalue weighted by atomic mass is 10.1. The second-order valence-corrected chi connectivity index (χ2v) is 8.37. The molecular weight excluding hydrogens is 460 g/mol. The van der Waals surface area contributed by atoms with E-state index >= 15 is 0 Å². The van der Waals surface area contributed by atoms with Crippen molar-refractivity contribution >= 4 is 39.8 Å². The molecule has 0 aromatic heterocycles. The summed E-state index contributed by atoms with van der Waals surface area (Å²) in [6, 6.07) is 4.09. The van der Waals surface area contributed by atoms with Gasteiger partial charge < -0.3 is 15.4 Å². The molecule has 0 unspecified atom stereocenters. The van der Waals surface area contributed by atoms with Crippen LogP contribution in [0.1, 0.15) is 25.0 Å². The van der Waals surface area contributed by atoms with Gasteiger partial charge in [-0.25, -0.2) is 12.8 Å². The maximum absolute atomic E-state index is 13.5. The van der Waals surface area contributed by atoms with E-state index in [-0.39, 0.29) is 41.9 Å². The van der Waals surface area contributed by atoms with Gasteiger partial charge in [-0.1, -0.05) is 6.07 Å². The first kappa shape index (κ1) is 24.1. The second kappa shape index (κ2) is 10.3. The van der Waals surface area contributed by atoms with Crippen LogP contribution in [-0.4, -0.2) is 46.9 Å². The lowest BCUT2D eigenvalue weighted by Crippen LogP contribution is -2.45. The molecule has 0 aliphatic carbocycles.